The lowest BCUT2D eigenvalue weighted by atomic mass is 10.1. The summed E-state index contributed by atoms with van der Waals surface area (Å²) in [7, 11) is 0. The van der Waals surface area contributed by atoms with Gasteiger partial charge in [-0.3, -0.25) is 4.79 Å². The molecule has 1 aliphatic heterocycles. The fourth-order valence-electron chi connectivity index (χ4n) is 2.71. The second-order valence-electron chi connectivity index (χ2n) is 5.65. The zero-order valence-corrected chi connectivity index (χ0v) is 12.7. The van der Waals surface area contributed by atoms with E-state index in [9.17, 15) is 4.79 Å². The smallest absolute Gasteiger partial charge is 0.251 e. The molecule has 0 bridgehead atoms. The van der Waals surface area contributed by atoms with Gasteiger partial charge in [-0.1, -0.05) is 6.08 Å². The minimum absolute atomic E-state index is 0.0651. The van der Waals surface area contributed by atoms with Crippen LogP contribution in [0.25, 0.3) is 0 Å². The Morgan fingerprint density at radius 3 is 2.86 bits per heavy atom. The monoisotopic (exact) mass is 287 g/mol. The summed E-state index contributed by atoms with van der Waals surface area (Å²) in [6, 6.07) is 8.67. The van der Waals surface area contributed by atoms with Gasteiger partial charge in [-0.25, -0.2) is 0 Å². The standard InChI is InChI=1S/C17H25N3O/c1-3-10-19-17(21)14-6-8-15(9-7-14)20-13(2)12-16-5-4-11-18-16/h3,6-9,13,16,18,20H,1,4-5,10-12H2,2H3,(H,19,21). The SMILES string of the molecule is C=CCNC(=O)c1ccc(NC(C)CC2CCCN2)cc1. The van der Waals surface area contributed by atoms with Crippen LogP contribution in [0.4, 0.5) is 5.69 Å². The fraction of sp³-hybridized carbons (Fsp3) is 0.471. The summed E-state index contributed by atoms with van der Waals surface area (Å²) in [6.07, 6.45) is 5.36. The van der Waals surface area contributed by atoms with Crippen molar-refractivity contribution in [3.63, 3.8) is 0 Å². The summed E-state index contributed by atoms with van der Waals surface area (Å²) < 4.78 is 0. The molecule has 2 atom stereocenters. The molecule has 1 aromatic rings. The van der Waals surface area contributed by atoms with E-state index in [-0.39, 0.29) is 5.91 Å². The number of carbonyl (C=O) groups is 1. The van der Waals surface area contributed by atoms with Gasteiger partial charge >= 0.3 is 0 Å². The molecule has 1 fully saturated rings. The van der Waals surface area contributed by atoms with Crippen LogP contribution in [0.3, 0.4) is 0 Å². The molecule has 21 heavy (non-hydrogen) atoms. The molecular weight excluding hydrogens is 262 g/mol. The summed E-state index contributed by atoms with van der Waals surface area (Å²) in [4.78, 5) is 11.8. The van der Waals surface area contributed by atoms with E-state index < -0.39 is 0 Å². The van der Waals surface area contributed by atoms with Gasteiger partial charge in [0.1, 0.15) is 0 Å². The molecule has 114 valence electrons. The third kappa shape index (κ3) is 4.90. The molecule has 1 saturated heterocycles. The summed E-state index contributed by atoms with van der Waals surface area (Å²) >= 11 is 0. The van der Waals surface area contributed by atoms with Gasteiger partial charge in [-0.05, 0) is 57.0 Å². The van der Waals surface area contributed by atoms with Crippen molar-refractivity contribution in [1.29, 1.82) is 0 Å². The van der Waals surface area contributed by atoms with Crippen LogP contribution < -0.4 is 16.0 Å². The van der Waals surface area contributed by atoms with Crippen LogP contribution in [0.1, 0.15) is 36.5 Å². The first-order chi connectivity index (χ1) is 10.2. The van der Waals surface area contributed by atoms with Crippen molar-refractivity contribution in [2.24, 2.45) is 0 Å². The molecule has 3 N–H and O–H groups in total. The quantitative estimate of drug-likeness (QED) is 0.676. The lowest BCUT2D eigenvalue weighted by molar-refractivity contribution is 0.0958. The van der Waals surface area contributed by atoms with E-state index >= 15 is 0 Å². The molecule has 0 spiro atoms. The van der Waals surface area contributed by atoms with Gasteiger partial charge in [0.05, 0.1) is 0 Å². The number of amides is 1. The first-order valence-electron chi connectivity index (χ1n) is 7.68. The van der Waals surface area contributed by atoms with Crippen molar-refractivity contribution in [3.05, 3.63) is 42.5 Å². The van der Waals surface area contributed by atoms with Gasteiger partial charge in [-0.15, -0.1) is 6.58 Å². The number of hydrogen-bond acceptors (Lipinski definition) is 3. The Balaban J connectivity index is 1.83. The minimum atomic E-state index is -0.0651. The lowest BCUT2D eigenvalue weighted by Gasteiger charge is -2.19. The predicted molar refractivity (Wildman–Crippen MR) is 87.7 cm³/mol. The highest BCUT2D eigenvalue weighted by Crippen LogP contribution is 2.15. The number of benzene rings is 1. The van der Waals surface area contributed by atoms with Crippen molar-refractivity contribution >= 4 is 11.6 Å². The average molecular weight is 287 g/mol. The lowest BCUT2D eigenvalue weighted by Crippen LogP contribution is -2.29. The van der Waals surface area contributed by atoms with Crippen molar-refractivity contribution in [3.8, 4) is 0 Å². The minimum Gasteiger partial charge on any atom is -0.383 e. The van der Waals surface area contributed by atoms with Crippen LogP contribution in [0.2, 0.25) is 0 Å². The second-order valence-corrected chi connectivity index (χ2v) is 5.65. The molecule has 2 unspecified atom stereocenters. The van der Waals surface area contributed by atoms with E-state index in [0.717, 1.165) is 18.7 Å². The predicted octanol–water partition coefficient (Wildman–Crippen LogP) is 2.54. The number of anilines is 1. The van der Waals surface area contributed by atoms with Crippen LogP contribution in [-0.4, -0.2) is 31.1 Å². The van der Waals surface area contributed by atoms with Gasteiger partial charge in [-0.2, -0.15) is 0 Å². The molecule has 1 amide bonds. The molecule has 4 heteroatoms. The highest BCUT2D eigenvalue weighted by molar-refractivity contribution is 5.94. The Morgan fingerprint density at radius 1 is 1.48 bits per heavy atom. The van der Waals surface area contributed by atoms with Gasteiger partial charge in [0, 0.05) is 29.9 Å². The Kier molecular flexibility index (Phi) is 5.81. The third-order valence-electron chi connectivity index (χ3n) is 3.77. The van der Waals surface area contributed by atoms with Crippen molar-refractivity contribution < 1.29 is 4.79 Å². The largest absolute Gasteiger partial charge is 0.383 e. The van der Waals surface area contributed by atoms with Gasteiger partial charge in [0.15, 0.2) is 0 Å². The van der Waals surface area contributed by atoms with E-state index in [4.69, 9.17) is 0 Å². The second kappa shape index (κ2) is 7.84. The summed E-state index contributed by atoms with van der Waals surface area (Å²) in [6.45, 7) is 7.42. The number of carbonyl (C=O) groups excluding carboxylic acids is 1. The van der Waals surface area contributed by atoms with Crippen LogP contribution in [0.5, 0.6) is 0 Å². The molecule has 1 heterocycles. The Morgan fingerprint density at radius 2 is 2.24 bits per heavy atom. The van der Waals surface area contributed by atoms with Gasteiger partial charge < -0.3 is 16.0 Å². The van der Waals surface area contributed by atoms with Crippen LogP contribution in [0.15, 0.2) is 36.9 Å². The van der Waals surface area contributed by atoms with Gasteiger partial charge in [0.25, 0.3) is 5.91 Å². The molecule has 0 radical (unpaired) electrons. The summed E-state index contributed by atoms with van der Waals surface area (Å²) in [5.74, 6) is -0.0651. The summed E-state index contributed by atoms with van der Waals surface area (Å²) in [5.41, 5.74) is 1.73. The maximum absolute atomic E-state index is 11.8. The first-order valence-corrected chi connectivity index (χ1v) is 7.68. The van der Waals surface area contributed by atoms with Crippen molar-refractivity contribution in [1.82, 2.24) is 10.6 Å². The van der Waals surface area contributed by atoms with Crippen molar-refractivity contribution in [2.75, 3.05) is 18.4 Å². The number of nitrogens with one attached hydrogen (secondary N) is 3. The van der Waals surface area contributed by atoms with Gasteiger partial charge in [0.2, 0.25) is 0 Å². The molecular formula is C17H25N3O. The van der Waals surface area contributed by atoms with E-state index in [0.29, 0.717) is 24.2 Å². The van der Waals surface area contributed by atoms with Crippen molar-refractivity contribution in [2.45, 2.75) is 38.3 Å². The van der Waals surface area contributed by atoms with E-state index in [1.54, 1.807) is 6.08 Å². The molecule has 2 rings (SSSR count). The van der Waals surface area contributed by atoms with E-state index in [2.05, 4.69) is 29.5 Å². The molecule has 0 aliphatic carbocycles. The molecule has 1 aromatic carbocycles. The zero-order chi connectivity index (χ0) is 15.1. The maximum atomic E-state index is 11.8. The fourth-order valence-corrected chi connectivity index (χ4v) is 2.71. The van der Waals surface area contributed by atoms with Crippen LogP contribution in [0, 0.1) is 0 Å². The van der Waals surface area contributed by atoms with E-state index in [1.807, 2.05) is 24.3 Å². The van der Waals surface area contributed by atoms with Crippen LogP contribution in [-0.2, 0) is 0 Å². The molecule has 0 saturated carbocycles. The highest BCUT2D eigenvalue weighted by Gasteiger charge is 2.16. The third-order valence-corrected chi connectivity index (χ3v) is 3.77. The summed E-state index contributed by atoms with van der Waals surface area (Å²) in [5, 5.41) is 9.78. The molecule has 4 nitrogen and oxygen atoms in total. The Hall–Kier alpha value is -1.81. The number of hydrogen-bond donors (Lipinski definition) is 3. The first kappa shape index (κ1) is 15.6. The molecule has 0 aromatic heterocycles. The maximum Gasteiger partial charge on any atom is 0.251 e. The Bertz CT molecular complexity index is 463. The topological polar surface area (TPSA) is 53.2 Å². The normalized spacial score (nSPS) is 19.0. The molecule has 1 aliphatic rings. The Labute approximate surface area is 127 Å². The highest BCUT2D eigenvalue weighted by atomic mass is 16.1. The van der Waals surface area contributed by atoms with E-state index in [1.165, 1.54) is 12.8 Å². The van der Waals surface area contributed by atoms with Crippen LogP contribution >= 0.6 is 0 Å². The zero-order valence-electron chi connectivity index (χ0n) is 12.7. The number of rotatable bonds is 7. The average Bonchev–Trinajstić information content (AvgIpc) is 2.98.